The van der Waals surface area contributed by atoms with Crippen molar-refractivity contribution in [2.45, 2.75) is 19.3 Å². The maximum atomic E-state index is 12.2. The third-order valence-electron chi connectivity index (χ3n) is 7.58. The van der Waals surface area contributed by atoms with Crippen LogP contribution in [0.15, 0.2) is 47.0 Å². The summed E-state index contributed by atoms with van der Waals surface area (Å²) < 4.78 is 17.5. The summed E-state index contributed by atoms with van der Waals surface area (Å²) in [5.41, 5.74) is 3.69. The topological polar surface area (TPSA) is 107 Å². The number of hydrogen-bond acceptors (Lipinski definition) is 9. The van der Waals surface area contributed by atoms with E-state index in [1.165, 1.54) is 11.3 Å². The molecule has 0 spiro atoms. The molecule has 1 atom stereocenters. The highest BCUT2D eigenvalue weighted by Crippen LogP contribution is 2.43. The number of quaternary nitrogens is 1. The molecule has 2 aliphatic heterocycles. The molecule has 0 bridgehead atoms. The van der Waals surface area contributed by atoms with Gasteiger partial charge in [-0.05, 0) is 42.8 Å². The number of anilines is 5. The number of hydrogen-bond donors (Lipinski definition) is 2. The summed E-state index contributed by atoms with van der Waals surface area (Å²) in [6.45, 7) is 8.92. The van der Waals surface area contributed by atoms with Crippen molar-refractivity contribution in [1.29, 1.82) is 0 Å². The van der Waals surface area contributed by atoms with Gasteiger partial charge in [0.15, 0.2) is 5.82 Å². The molecule has 1 aromatic carbocycles. The summed E-state index contributed by atoms with van der Waals surface area (Å²) in [4.78, 5) is 18.5. The van der Waals surface area contributed by atoms with Gasteiger partial charge in [-0.1, -0.05) is 13.0 Å². The molecule has 4 heterocycles. The minimum Gasteiger partial charge on any atom is -0.395 e. The second-order valence-electron chi connectivity index (χ2n) is 11.9. The lowest BCUT2D eigenvalue weighted by atomic mass is 9.87. The van der Waals surface area contributed by atoms with Crippen molar-refractivity contribution in [3.63, 3.8) is 0 Å². The van der Waals surface area contributed by atoms with Crippen molar-refractivity contribution in [2.24, 2.45) is 4.36 Å². The largest absolute Gasteiger partial charge is 0.395 e. The fourth-order valence-corrected chi connectivity index (χ4v) is 5.75. The van der Waals surface area contributed by atoms with Gasteiger partial charge in [0.2, 0.25) is 5.95 Å². The van der Waals surface area contributed by atoms with E-state index in [-0.39, 0.29) is 6.61 Å². The molecule has 39 heavy (non-hydrogen) atoms. The van der Waals surface area contributed by atoms with E-state index >= 15 is 0 Å². The lowest BCUT2D eigenvalue weighted by Gasteiger charge is -2.40. The number of nitrogens with one attached hydrogen (secondary N) is 1. The van der Waals surface area contributed by atoms with Gasteiger partial charge >= 0.3 is 0 Å². The van der Waals surface area contributed by atoms with Crippen LogP contribution < -0.4 is 15.1 Å². The number of aliphatic hydroxyl groups excluding tert-OH is 1. The van der Waals surface area contributed by atoms with Crippen molar-refractivity contribution < 1.29 is 13.8 Å². The summed E-state index contributed by atoms with van der Waals surface area (Å²) in [6, 6.07) is 11.8. The van der Waals surface area contributed by atoms with Crippen molar-refractivity contribution >= 4 is 44.5 Å². The fourth-order valence-electron chi connectivity index (χ4n) is 5.20. The van der Waals surface area contributed by atoms with Gasteiger partial charge in [0.05, 0.1) is 46.9 Å². The van der Waals surface area contributed by atoms with E-state index in [4.69, 9.17) is 4.98 Å². The average molecular weight is 552 g/mol. The van der Waals surface area contributed by atoms with Gasteiger partial charge in [0, 0.05) is 57.3 Å². The maximum Gasteiger partial charge on any atom is 0.229 e. The molecule has 1 fully saturated rings. The Morgan fingerprint density at radius 1 is 1.15 bits per heavy atom. The van der Waals surface area contributed by atoms with Crippen LogP contribution in [0.4, 0.5) is 34.8 Å². The van der Waals surface area contributed by atoms with Crippen LogP contribution in [0, 0.1) is 6.92 Å². The Morgan fingerprint density at radius 2 is 1.90 bits per heavy atom. The molecular formula is C28H39N8O2S+. The predicted molar refractivity (Wildman–Crippen MR) is 158 cm³/mol. The molecule has 11 heteroatoms. The SMILES string of the molecule is Cc1cc(Nc2ncc3c(n2)N(c2cccc(N=S(C)(C)=O)n2)C[C@]3(C)CO)ccc1N1CC[N+](C)(C)CC1. The van der Waals surface area contributed by atoms with Crippen LogP contribution >= 0.6 is 0 Å². The van der Waals surface area contributed by atoms with E-state index < -0.39 is 15.1 Å². The van der Waals surface area contributed by atoms with E-state index in [0.29, 0.717) is 29.9 Å². The van der Waals surface area contributed by atoms with Crippen LogP contribution in [0.2, 0.25) is 0 Å². The molecule has 1 saturated heterocycles. The van der Waals surface area contributed by atoms with Crippen LogP contribution in [0.5, 0.6) is 0 Å². The molecule has 0 radical (unpaired) electrons. The molecule has 0 unspecified atom stereocenters. The minimum absolute atomic E-state index is 0.0539. The molecule has 2 N–H and O–H groups in total. The summed E-state index contributed by atoms with van der Waals surface area (Å²) in [5, 5.41) is 13.6. The van der Waals surface area contributed by atoms with Gasteiger partial charge in [-0.2, -0.15) is 9.35 Å². The smallest absolute Gasteiger partial charge is 0.229 e. The first-order chi connectivity index (χ1) is 18.4. The van der Waals surface area contributed by atoms with E-state index in [1.54, 1.807) is 24.8 Å². The third-order valence-corrected chi connectivity index (χ3v) is 8.21. The number of aliphatic hydroxyl groups is 1. The van der Waals surface area contributed by atoms with Gasteiger partial charge in [0.25, 0.3) is 0 Å². The lowest BCUT2D eigenvalue weighted by Crippen LogP contribution is -2.55. The number of piperazine rings is 1. The van der Waals surface area contributed by atoms with Crippen molar-refractivity contribution in [2.75, 3.05) is 81.1 Å². The first-order valence-electron chi connectivity index (χ1n) is 13.2. The normalized spacial score (nSPS) is 20.6. The third kappa shape index (κ3) is 5.85. The first-order valence-corrected chi connectivity index (χ1v) is 15.5. The second kappa shape index (κ2) is 10.0. The lowest BCUT2D eigenvalue weighted by molar-refractivity contribution is -0.890. The molecule has 10 nitrogen and oxygen atoms in total. The molecule has 3 aromatic rings. The van der Waals surface area contributed by atoms with Gasteiger partial charge in [-0.3, -0.25) is 0 Å². The van der Waals surface area contributed by atoms with Gasteiger partial charge in [-0.25, -0.2) is 14.2 Å². The molecule has 2 aromatic heterocycles. The number of benzene rings is 1. The average Bonchev–Trinajstić information content (AvgIpc) is 3.16. The molecule has 5 rings (SSSR count). The highest BCUT2D eigenvalue weighted by atomic mass is 32.2. The maximum absolute atomic E-state index is 12.2. The molecule has 208 valence electrons. The minimum atomic E-state index is -2.35. The summed E-state index contributed by atoms with van der Waals surface area (Å²) in [7, 11) is 2.22. The van der Waals surface area contributed by atoms with Crippen LogP contribution in [-0.2, 0) is 15.1 Å². The first kappa shape index (κ1) is 27.3. The predicted octanol–water partition coefficient (Wildman–Crippen LogP) is 3.58. The number of fused-ring (bicyclic) bond motifs is 1. The van der Waals surface area contributed by atoms with Crippen LogP contribution in [0.3, 0.4) is 0 Å². The number of pyridine rings is 1. The van der Waals surface area contributed by atoms with Crippen LogP contribution in [0.25, 0.3) is 0 Å². The van der Waals surface area contributed by atoms with Gasteiger partial charge < -0.3 is 24.7 Å². The fraction of sp³-hybridized carbons (Fsp3) is 0.464. The molecule has 0 amide bonds. The zero-order valence-corrected chi connectivity index (χ0v) is 24.5. The Kier molecular flexibility index (Phi) is 7.02. The highest BCUT2D eigenvalue weighted by Gasteiger charge is 2.41. The Bertz CT molecular complexity index is 1500. The molecule has 0 aliphatic carbocycles. The summed E-state index contributed by atoms with van der Waals surface area (Å²) in [5.74, 6) is 2.19. The van der Waals surface area contributed by atoms with Crippen molar-refractivity contribution in [3.05, 3.63) is 53.7 Å². The Labute approximate surface area is 231 Å². The Hall–Kier alpha value is -3.28. The molecular weight excluding hydrogens is 512 g/mol. The number of aryl methyl sites for hydroxylation is 1. The standard InChI is InChI=1S/C28H39N8O2S/c1-20-16-21(10-11-23(20)34-12-14-36(3,4)15-13-34)30-27-29-17-22-26(32-27)35(18-28(22,2)19-37)25-9-7-8-24(31-25)33-39(5,6)38/h7-11,16-17,37H,12-15,18-19H2,1-6H3,(H,29,30,32)/q+1/t28-/m1/s1. The van der Waals surface area contributed by atoms with E-state index in [9.17, 15) is 9.32 Å². The second-order valence-corrected chi connectivity index (χ2v) is 14.4. The van der Waals surface area contributed by atoms with E-state index in [0.717, 1.165) is 41.9 Å². The van der Waals surface area contributed by atoms with Crippen molar-refractivity contribution in [3.8, 4) is 0 Å². The monoisotopic (exact) mass is 551 g/mol. The van der Waals surface area contributed by atoms with Crippen LogP contribution in [0.1, 0.15) is 18.1 Å². The van der Waals surface area contributed by atoms with Gasteiger partial charge in [0.1, 0.15) is 11.6 Å². The molecule has 2 aliphatic rings. The van der Waals surface area contributed by atoms with Crippen molar-refractivity contribution in [1.82, 2.24) is 15.0 Å². The Morgan fingerprint density at radius 3 is 2.56 bits per heavy atom. The number of likely N-dealkylation sites (N-methyl/N-ethyl adjacent to an activating group) is 1. The highest BCUT2D eigenvalue weighted by molar-refractivity contribution is 7.92. The zero-order chi connectivity index (χ0) is 28.0. The number of rotatable bonds is 6. The quantitative estimate of drug-likeness (QED) is 0.448. The van der Waals surface area contributed by atoms with Gasteiger partial charge in [-0.15, -0.1) is 0 Å². The molecule has 0 saturated carbocycles. The number of nitrogens with zero attached hydrogens (tertiary/aromatic N) is 7. The van der Waals surface area contributed by atoms with E-state index in [2.05, 4.69) is 63.8 Å². The summed E-state index contributed by atoms with van der Waals surface area (Å²) >= 11 is 0. The zero-order valence-electron chi connectivity index (χ0n) is 23.7. The van der Waals surface area contributed by atoms with Crippen LogP contribution in [-0.4, -0.2) is 94.7 Å². The Balaban J connectivity index is 1.42. The van der Waals surface area contributed by atoms with E-state index in [1.807, 2.05) is 24.0 Å². The summed E-state index contributed by atoms with van der Waals surface area (Å²) in [6.07, 6.45) is 4.96. The number of aromatic nitrogens is 3.